The minimum atomic E-state index is -0.184. The van der Waals surface area contributed by atoms with Gasteiger partial charge in [-0.1, -0.05) is 66.7 Å². The van der Waals surface area contributed by atoms with Gasteiger partial charge >= 0.3 is 0 Å². The zero-order valence-electron chi connectivity index (χ0n) is 18.9. The van der Waals surface area contributed by atoms with Gasteiger partial charge in [0.2, 0.25) is 11.2 Å². The van der Waals surface area contributed by atoms with Crippen molar-refractivity contribution in [2.45, 2.75) is 20.1 Å². The quantitative estimate of drug-likeness (QED) is 0.271. The number of fused-ring (bicyclic) bond motifs is 1. The highest BCUT2D eigenvalue weighted by molar-refractivity contribution is 5.82. The van der Waals surface area contributed by atoms with Gasteiger partial charge in [0.1, 0.15) is 24.5 Å². The second kappa shape index (κ2) is 9.67. The van der Waals surface area contributed by atoms with Crippen LogP contribution in [-0.4, -0.2) is 0 Å². The second-order valence-corrected chi connectivity index (χ2v) is 8.16. The molecule has 0 N–H and O–H groups in total. The van der Waals surface area contributed by atoms with E-state index in [4.69, 9.17) is 13.9 Å². The molecule has 0 aliphatic rings. The van der Waals surface area contributed by atoms with Gasteiger partial charge < -0.3 is 13.9 Å². The Morgan fingerprint density at radius 3 is 1.97 bits per heavy atom. The van der Waals surface area contributed by atoms with Crippen LogP contribution in [0.4, 0.5) is 0 Å². The SMILES string of the molecule is Cc1ccc2c(=O)c(OCc3ccccc3)c(-c3ccc(OCc4ccccc4)cc3)oc2c1. The lowest BCUT2D eigenvalue weighted by molar-refractivity contribution is 0.297. The lowest BCUT2D eigenvalue weighted by Crippen LogP contribution is -2.10. The molecule has 5 rings (SSSR count). The number of benzene rings is 4. The normalized spacial score (nSPS) is 10.9. The maximum absolute atomic E-state index is 13.4. The van der Waals surface area contributed by atoms with Crippen LogP contribution in [0, 0.1) is 6.92 Å². The maximum atomic E-state index is 13.4. The third kappa shape index (κ3) is 4.71. The van der Waals surface area contributed by atoms with Gasteiger partial charge in [-0.3, -0.25) is 4.79 Å². The first-order valence-electron chi connectivity index (χ1n) is 11.2. The van der Waals surface area contributed by atoms with Crippen molar-refractivity contribution >= 4 is 11.0 Å². The molecule has 4 aromatic carbocycles. The third-order valence-corrected chi connectivity index (χ3v) is 5.60. The van der Waals surface area contributed by atoms with Gasteiger partial charge in [0.15, 0.2) is 5.76 Å². The van der Waals surface area contributed by atoms with Gasteiger partial charge in [0, 0.05) is 5.56 Å². The van der Waals surface area contributed by atoms with Crippen LogP contribution in [0.2, 0.25) is 0 Å². The summed E-state index contributed by atoms with van der Waals surface area (Å²) in [7, 11) is 0. The first-order chi connectivity index (χ1) is 16.7. The summed E-state index contributed by atoms with van der Waals surface area (Å²) in [6.45, 7) is 2.72. The second-order valence-electron chi connectivity index (χ2n) is 8.16. The standard InChI is InChI=1S/C30H24O4/c1-21-12-17-26-27(18-21)34-29(30(28(26)31)33-20-23-10-6-3-7-11-23)24-13-15-25(16-14-24)32-19-22-8-4-2-5-9-22/h2-18H,19-20H2,1H3. The smallest absolute Gasteiger partial charge is 0.235 e. The van der Waals surface area contributed by atoms with Gasteiger partial charge in [-0.15, -0.1) is 0 Å². The van der Waals surface area contributed by atoms with E-state index < -0.39 is 0 Å². The fourth-order valence-corrected chi connectivity index (χ4v) is 3.78. The summed E-state index contributed by atoms with van der Waals surface area (Å²) in [5.41, 5.74) is 4.19. The van der Waals surface area contributed by atoms with Gasteiger partial charge in [-0.2, -0.15) is 0 Å². The molecule has 0 saturated carbocycles. The zero-order chi connectivity index (χ0) is 23.3. The van der Waals surface area contributed by atoms with E-state index in [9.17, 15) is 4.79 Å². The van der Waals surface area contributed by atoms with Crippen molar-refractivity contribution < 1.29 is 13.9 Å². The van der Waals surface area contributed by atoms with Crippen LogP contribution < -0.4 is 14.9 Å². The van der Waals surface area contributed by atoms with Crippen molar-refractivity contribution in [1.82, 2.24) is 0 Å². The van der Waals surface area contributed by atoms with E-state index in [2.05, 4.69) is 0 Å². The first kappa shape index (κ1) is 21.5. The van der Waals surface area contributed by atoms with Crippen LogP contribution in [0.25, 0.3) is 22.3 Å². The van der Waals surface area contributed by atoms with Crippen LogP contribution in [0.3, 0.4) is 0 Å². The molecule has 0 aliphatic carbocycles. The van der Waals surface area contributed by atoms with Gasteiger partial charge in [0.05, 0.1) is 5.39 Å². The molecule has 1 heterocycles. The lowest BCUT2D eigenvalue weighted by atomic mass is 10.1. The summed E-state index contributed by atoms with van der Waals surface area (Å²) in [4.78, 5) is 13.4. The minimum absolute atomic E-state index is 0.184. The number of hydrogen-bond donors (Lipinski definition) is 0. The van der Waals surface area contributed by atoms with E-state index in [1.807, 2.05) is 104 Å². The third-order valence-electron chi connectivity index (χ3n) is 5.60. The fraction of sp³-hybridized carbons (Fsp3) is 0.100. The Kier molecular flexibility index (Phi) is 6.13. The van der Waals surface area contributed by atoms with Gasteiger partial charge in [-0.05, 0) is 60.0 Å². The van der Waals surface area contributed by atoms with E-state index in [0.29, 0.717) is 23.3 Å². The van der Waals surface area contributed by atoms with Crippen molar-refractivity contribution in [3.63, 3.8) is 0 Å². The molecule has 5 aromatic rings. The molecule has 0 atom stereocenters. The van der Waals surface area contributed by atoms with Crippen LogP contribution in [-0.2, 0) is 13.2 Å². The average molecular weight is 449 g/mol. The molecule has 1 aromatic heterocycles. The molecular weight excluding hydrogens is 424 g/mol. The fourth-order valence-electron chi connectivity index (χ4n) is 3.78. The summed E-state index contributed by atoms with van der Waals surface area (Å²) in [5.74, 6) is 1.35. The van der Waals surface area contributed by atoms with Crippen molar-refractivity contribution in [3.8, 4) is 22.8 Å². The van der Waals surface area contributed by atoms with Gasteiger partial charge in [-0.25, -0.2) is 0 Å². The molecule has 0 unspecified atom stereocenters. The van der Waals surface area contributed by atoms with Crippen molar-refractivity contribution in [2.24, 2.45) is 0 Å². The number of aryl methyl sites for hydroxylation is 1. The molecule has 4 heteroatoms. The Balaban J connectivity index is 1.48. The number of hydrogen-bond acceptors (Lipinski definition) is 4. The topological polar surface area (TPSA) is 48.7 Å². The molecule has 0 radical (unpaired) electrons. The van der Waals surface area contributed by atoms with Crippen LogP contribution in [0.1, 0.15) is 16.7 Å². The molecule has 4 nitrogen and oxygen atoms in total. The predicted octanol–water partition coefficient (Wildman–Crippen LogP) is 6.93. The molecule has 0 fully saturated rings. The number of rotatable bonds is 7. The summed E-state index contributed by atoms with van der Waals surface area (Å²) >= 11 is 0. The van der Waals surface area contributed by atoms with E-state index >= 15 is 0 Å². The van der Waals surface area contributed by atoms with E-state index in [0.717, 1.165) is 28.0 Å². The van der Waals surface area contributed by atoms with Crippen LogP contribution >= 0.6 is 0 Å². The molecule has 0 bridgehead atoms. The molecule has 34 heavy (non-hydrogen) atoms. The van der Waals surface area contributed by atoms with Crippen LogP contribution in [0.15, 0.2) is 112 Å². The van der Waals surface area contributed by atoms with Crippen LogP contribution in [0.5, 0.6) is 11.5 Å². The minimum Gasteiger partial charge on any atom is -0.489 e. The predicted molar refractivity (Wildman–Crippen MR) is 134 cm³/mol. The first-order valence-corrected chi connectivity index (χ1v) is 11.2. The monoisotopic (exact) mass is 448 g/mol. The highest BCUT2D eigenvalue weighted by Crippen LogP contribution is 2.33. The lowest BCUT2D eigenvalue weighted by Gasteiger charge is -2.13. The summed E-state index contributed by atoms with van der Waals surface area (Å²) < 4.78 is 18.2. The van der Waals surface area contributed by atoms with E-state index in [-0.39, 0.29) is 17.8 Å². The maximum Gasteiger partial charge on any atom is 0.235 e. The Labute approximate surface area is 198 Å². The zero-order valence-corrected chi connectivity index (χ0v) is 18.9. The molecular formula is C30H24O4. The van der Waals surface area contributed by atoms with Crippen molar-refractivity contribution in [2.75, 3.05) is 0 Å². The summed E-state index contributed by atoms with van der Waals surface area (Å²) in [5, 5.41) is 0.500. The molecule has 168 valence electrons. The van der Waals surface area contributed by atoms with E-state index in [1.165, 1.54) is 0 Å². The van der Waals surface area contributed by atoms with Gasteiger partial charge in [0.25, 0.3) is 0 Å². The molecule has 0 saturated heterocycles. The highest BCUT2D eigenvalue weighted by atomic mass is 16.5. The average Bonchev–Trinajstić information content (AvgIpc) is 2.88. The van der Waals surface area contributed by atoms with Crippen molar-refractivity contribution in [1.29, 1.82) is 0 Å². The Morgan fingerprint density at radius 1 is 0.706 bits per heavy atom. The molecule has 0 spiro atoms. The summed E-state index contributed by atoms with van der Waals surface area (Å²) in [6.07, 6.45) is 0. The Hall–Kier alpha value is -4.31. The summed E-state index contributed by atoms with van der Waals surface area (Å²) in [6, 6.07) is 32.8. The van der Waals surface area contributed by atoms with E-state index in [1.54, 1.807) is 6.07 Å². The number of ether oxygens (including phenoxy) is 2. The Morgan fingerprint density at radius 2 is 1.32 bits per heavy atom. The van der Waals surface area contributed by atoms with Crippen molar-refractivity contribution in [3.05, 3.63) is 130 Å². The highest BCUT2D eigenvalue weighted by Gasteiger charge is 2.18. The Bertz CT molecular complexity index is 1450. The largest absolute Gasteiger partial charge is 0.489 e. The molecule has 0 amide bonds. The molecule has 0 aliphatic heterocycles.